The summed E-state index contributed by atoms with van der Waals surface area (Å²) in [4.78, 5) is 9.50. The number of ether oxygens (including phenoxy) is 1. The second-order valence-electron chi connectivity index (χ2n) is 7.72. The van der Waals surface area contributed by atoms with Crippen molar-refractivity contribution in [1.29, 1.82) is 0 Å². The maximum atomic E-state index is 12.9. The summed E-state index contributed by atoms with van der Waals surface area (Å²) in [6, 6.07) is 5.80. The number of aliphatic hydroxyl groups excluding tert-OH is 1. The van der Waals surface area contributed by atoms with Crippen molar-refractivity contribution >= 4 is 5.96 Å². The van der Waals surface area contributed by atoms with Crippen LogP contribution in [0.3, 0.4) is 0 Å². The third-order valence-electron chi connectivity index (χ3n) is 5.34. The van der Waals surface area contributed by atoms with Gasteiger partial charge in [-0.1, -0.05) is 0 Å². The van der Waals surface area contributed by atoms with Gasteiger partial charge in [-0.15, -0.1) is 0 Å². The number of likely N-dealkylation sites (tertiary alicyclic amines) is 2. The van der Waals surface area contributed by atoms with Crippen LogP contribution in [-0.4, -0.2) is 79.4 Å². The Balaban J connectivity index is 1.45. The van der Waals surface area contributed by atoms with E-state index in [1.807, 2.05) is 0 Å². The number of nitrogens with one attached hydrogen (secondary N) is 1. The van der Waals surface area contributed by atoms with Crippen LogP contribution in [0.1, 0.15) is 26.2 Å². The zero-order valence-corrected chi connectivity index (χ0v) is 16.8. The third kappa shape index (κ3) is 6.34. The summed E-state index contributed by atoms with van der Waals surface area (Å²) in [5.41, 5.74) is 0. The Kier molecular flexibility index (Phi) is 7.91. The monoisotopic (exact) mass is 392 g/mol. The van der Waals surface area contributed by atoms with Crippen LogP contribution in [0.2, 0.25) is 0 Å². The van der Waals surface area contributed by atoms with Gasteiger partial charge in [0.2, 0.25) is 0 Å². The van der Waals surface area contributed by atoms with E-state index < -0.39 is 6.10 Å². The van der Waals surface area contributed by atoms with E-state index in [9.17, 15) is 9.50 Å². The SMILES string of the molecule is CCNC(=NCC(O)COc1ccc(F)cc1)N1CCC(CN2CCCC2)C1. The molecule has 6 nitrogen and oxygen atoms in total. The molecule has 0 aromatic heterocycles. The summed E-state index contributed by atoms with van der Waals surface area (Å²) < 4.78 is 18.4. The predicted molar refractivity (Wildman–Crippen MR) is 109 cm³/mol. The van der Waals surface area contributed by atoms with Crippen molar-refractivity contribution in [1.82, 2.24) is 15.1 Å². The molecular weight excluding hydrogens is 359 g/mol. The molecule has 0 saturated carbocycles. The van der Waals surface area contributed by atoms with Crippen LogP contribution in [-0.2, 0) is 0 Å². The minimum Gasteiger partial charge on any atom is -0.491 e. The van der Waals surface area contributed by atoms with Gasteiger partial charge in [0, 0.05) is 26.2 Å². The number of rotatable bonds is 8. The predicted octanol–water partition coefficient (Wildman–Crippen LogP) is 1.95. The topological polar surface area (TPSA) is 60.3 Å². The van der Waals surface area contributed by atoms with E-state index in [4.69, 9.17) is 4.74 Å². The average molecular weight is 393 g/mol. The van der Waals surface area contributed by atoms with Gasteiger partial charge in [0.15, 0.2) is 5.96 Å². The van der Waals surface area contributed by atoms with E-state index in [0.717, 1.165) is 25.6 Å². The molecule has 0 radical (unpaired) electrons. The lowest BCUT2D eigenvalue weighted by atomic mass is 10.1. The molecule has 2 fully saturated rings. The van der Waals surface area contributed by atoms with Crippen molar-refractivity contribution < 1.29 is 14.2 Å². The highest BCUT2D eigenvalue weighted by atomic mass is 19.1. The first kappa shape index (κ1) is 20.9. The number of aliphatic hydroxyl groups is 1. The zero-order valence-electron chi connectivity index (χ0n) is 16.8. The van der Waals surface area contributed by atoms with Crippen molar-refractivity contribution in [3.8, 4) is 5.75 Å². The van der Waals surface area contributed by atoms with Crippen LogP contribution in [0, 0.1) is 11.7 Å². The fraction of sp³-hybridized carbons (Fsp3) is 0.667. The standard InChI is InChI=1S/C21H33FN4O2/c1-2-23-21(26-12-9-17(15-26)14-25-10-3-4-11-25)24-13-19(27)16-28-20-7-5-18(22)6-8-20/h5-8,17,19,27H,2-4,9-16H2,1H3,(H,23,24). The van der Waals surface area contributed by atoms with Gasteiger partial charge >= 0.3 is 0 Å². The Morgan fingerprint density at radius 3 is 2.75 bits per heavy atom. The molecule has 2 N–H and O–H groups in total. The van der Waals surface area contributed by atoms with Gasteiger partial charge < -0.3 is 25.0 Å². The lowest BCUT2D eigenvalue weighted by molar-refractivity contribution is 0.114. The molecule has 2 unspecified atom stereocenters. The fourth-order valence-electron chi connectivity index (χ4n) is 3.90. The summed E-state index contributed by atoms with van der Waals surface area (Å²) in [6.07, 6.45) is 3.15. The first-order valence-corrected chi connectivity index (χ1v) is 10.5. The average Bonchev–Trinajstić information content (AvgIpc) is 3.37. The number of halogens is 1. The molecule has 1 aromatic carbocycles. The first-order valence-electron chi connectivity index (χ1n) is 10.5. The molecule has 0 aliphatic carbocycles. The van der Waals surface area contributed by atoms with E-state index in [1.165, 1.54) is 51.0 Å². The number of aliphatic imine (C=N–C) groups is 1. The van der Waals surface area contributed by atoms with Crippen LogP contribution in [0.4, 0.5) is 4.39 Å². The molecule has 156 valence electrons. The number of nitrogens with zero attached hydrogens (tertiary/aromatic N) is 3. The number of hydrogen-bond donors (Lipinski definition) is 2. The van der Waals surface area contributed by atoms with E-state index in [1.54, 1.807) is 12.1 Å². The van der Waals surface area contributed by atoms with Crippen molar-refractivity contribution in [3.05, 3.63) is 30.1 Å². The van der Waals surface area contributed by atoms with Gasteiger partial charge in [-0.3, -0.25) is 4.99 Å². The molecule has 2 atom stereocenters. The van der Waals surface area contributed by atoms with E-state index in [-0.39, 0.29) is 19.0 Å². The Labute approximate surface area is 167 Å². The van der Waals surface area contributed by atoms with Crippen LogP contribution < -0.4 is 10.1 Å². The lowest BCUT2D eigenvalue weighted by Crippen LogP contribution is -2.41. The minimum atomic E-state index is -0.707. The second-order valence-corrected chi connectivity index (χ2v) is 7.72. The van der Waals surface area contributed by atoms with Crippen molar-refractivity contribution in [2.24, 2.45) is 10.9 Å². The van der Waals surface area contributed by atoms with Gasteiger partial charge in [0.1, 0.15) is 24.3 Å². The summed E-state index contributed by atoms with van der Waals surface area (Å²) in [5, 5.41) is 13.6. The summed E-state index contributed by atoms with van der Waals surface area (Å²) in [5.74, 6) is 1.79. The molecule has 0 bridgehead atoms. The molecule has 3 rings (SSSR count). The van der Waals surface area contributed by atoms with Crippen molar-refractivity contribution in [3.63, 3.8) is 0 Å². The van der Waals surface area contributed by atoms with Gasteiger partial charge in [-0.2, -0.15) is 0 Å². The molecule has 2 aliphatic rings. The lowest BCUT2D eigenvalue weighted by Gasteiger charge is -2.23. The first-order chi connectivity index (χ1) is 13.6. The largest absolute Gasteiger partial charge is 0.491 e. The summed E-state index contributed by atoms with van der Waals surface area (Å²) in [6.45, 7) is 8.95. The number of hydrogen-bond acceptors (Lipinski definition) is 4. The quantitative estimate of drug-likeness (QED) is 0.523. The minimum absolute atomic E-state index is 0.131. The fourth-order valence-corrected chi connectivity index (χ4v) is 3.90. The molecule has 2 aliphatic heterocycles. The van der Waals surface area contributed by atoms with Crippen LogP contribution >= 0.6 is 0 Å². The molecule has 1 aromatic rings. The molecular formula is C21H33FN4O2. The van der Waals surface area contributed by atoms with Crippen molar-refractivity contribution in [2.75, 3.05) is 52.4 Å². The summed E-state index contributed by atoms with van der Waals surface area (Å²) in [7, 11) is 0. The molecule has 0 spiro atoms. The molecule has 0 amide bonds. The van der Waals surface area contributed by atoms with Gasteiger partial charge in [-0.25, -0.2) is 4.39 Å². The highest BCUT2D eigenvalue weighted by Crippen LogP contribution is 2.20. The Bertz CT molecular complexity index is 619. The van der Waals surface area contributed by atoms with Gasteiger partial charge in [0.25, 0.3) is 0 Å². The van der Waals surface area contributed by atoms with Crippen LogP contribution in [0.5, 0.6) is 5.75 Å². The highest BCUT2D eigenvalue weighted by molar-refractivity contribution is 5.80. The van der Waals surface area contributed by atoms with Crippen molar-refractivity contribution in [2.45, 2.75) is 32.3 Å². The Morgan fingerprint density at radius 1 is 1.29 bits per heavy atom. The van der Waals surface area contributed by atoms with Gasteiger partial charge in [0.05, 0.1) is 6.54 Å². The van der Waals surface area contributed by atoms with E-state index in [0.29, 0.717) is 11.7 Å². The smallest absolute Gasteiger partial charge is 0.194 e. The van der Waals surface area contributed by atoms with Gasteiger partial charge in [-0.05, 0) is 69.5 Å². The third-order valence-corrected chi connectivity index (χ3v) is 5.34. The molecule has 7 heteroatoms. The van der Waals surface area contributed by atoms with Crippen LogP contribution in [0.25, 0.3) is 0 Å². The maximum Gasteiger partial charge on any atom is 0.194 e. The normalized spacial score (nSPS) is 21.9. The summed E-state index contributed by atoms with van der Waals surface area (Å²) >= 11 is 0. The molecule has 2 heterocycles. The maximum absolute atomic E-state index is 12.9. The zero-order chi connectivity index (χ0) is 19.8. The number of benzene rings is 1. The number of guanidine groups is 1. The molecule has 2 saturated heterocycles. The van der Waals surface area contributed by atoms with E-state index >= 15 is 0 Å². The second kappa shape index (κ2) is 10.6. The Morgan fingerprint density at radius 2 is 2.04 bits per heavy atom. The Hall–Kier alpha value is -1.86. The van der Waals surface area contributed by atoms with Crippen LogP contribution in [0.15, 0.2) is 29.3 Å². The molecule has 28 heavy (non-hydrogen) atoms. The van der Waals surface area contributed by atoms with E-state index in [2.05, 4.69) is 27.0 Å². The highest BCUT2D eigenvalue weighted by Gasteiger charge is 2.27.